The summed E-state index contributed by atoms with van der Waals surface area (Å²) in [5, 5.41) is 6.42. The Bertz CT molecular complexity index is 515. The maximum Gasteiger partial charge on any atom is 0.224 e. The second-order valence-electron chi connectivity index (χ2n) is 6.98. The van der Waals surface area contributed by atoms with Gasteiger partial charge < -0.3 is 10.6 Å². The van der Waals surface area contributed by atoms with Crippen LogP contribution in [0.4, 0.5) is 5.69 Å². The van der Waals surface area contributed by atoms with Crippen LogP contribution < -0.4 is 10.6 Å². The molecule has 2 heterocycles. The summed E-state index contributed by atoms with van der Waals surface area (Å²) in [5.74, 6) is 0.818. The van der Waals surface area contributed by atoms with Crippen molar-refractivity contribution >= 4 is 36.4 Å². The first-order valence-electron chi connectivity index (χ1n) is 9.11. The van der Waals surface area contributed by atoms with Gasteiger partial charge in [-0.25, -0.2) is 0 Å². The number of carbonyl (C=O) groups excluding carboxylic acids is 1. The molecule has 4 nitrogen and oxygen atoms in total. The Hall–Kier alpha value is -0.810. The van der Waals surface area contributed by atoms with Crippen molar-refractivity contribution in [1.82, 2.24) is 10.2 Å². The summed E-state index contributed by atoms with van der Waals surface area (Å²) in [4.78, 5) is 14.6. The summed E-state index contributed by atoms with van der Waals surface area (Å²) < 4.78 is 0. The molecule has 2 fully saturated rings. The van der Waals surface area contributed by atoms with Crippen molar-refractivity contribution in [3.05, 3.63) is 29.8 Å². The van der Waals surface area contributed by atoms with Crippen molar-refractivity contribution in [2.75, 3.05) is 31.5 Å². The van der Waals surface area contributed by atoms with E-state index in [-0.39, 0.29) is 30.7 Å². The van der Waals surface area contributed by atoms with E-state index in [1.165, 1.54) is 44.3 Å². The second-order valence-corrected chi connectivity index (χ2v) is 6.98. The number of carbonyl (C=O) groups is 1. The molecule has 6 heteroatoms. The fourth-order valence-electron chi connectivity index (χ4n) is 3.64. The van der Waals surface area contributed by atoms with Crippen LogP contribution in [0.15, 0.2) is 24.3 Å². The van der Waals surface area contributed by atoms with Crippen molar-refractivity contribution in [1.29, 1.82) is 0 Å². The minimum absolute atomic E-state index is 0. The number of nitrogens with zero attached hydrogens (tertiary/aromatic N) is 1. The van der Waals surface area contributed by atoms with Gasteiger partial charge in [0.15, 0.2) is 0 Å². The molecule has 2 N–H and O–H groups in total. The average Bonchev–Trinajstić information content (AvgIpc) is 3.08. The van der Waals surface area contributed by atoms with Crippen LogP contribution in [0.5, 0.6) is 0 Å². The van der Waals surface area contributed by atoms with Gasteiger partial charge in [-0.15, -0.1) is 24.8 Å². The second kappa shape index (κ2) is 11.7. The van der Waals surface area contributed by atoms with Gasteiger partial charge in [-0.2, -0.15) is 0 Å². The van der Waals surface area contributed by atoms with Gasteiger partial charge in [0, 0.05) is 18.7 Å². The topological polar surface area (TPSA) is 44.4 Å². The summed E-state index contributed by atoms with van der Waals surface area (Å²) in [6, 6.07) is 8.34. The molecule has 0 saturated carbocycles. The molecule has 0 radical (unpaired) electrons. The highest BCUT2D eigenvalue weighted by atomic mass is 35.5. The first-order valence-corrected chi connectivity index (χ1v) is 9.11. The number of likely N-dealkylation sites (tertiary alicyclic amines) is 1. The number of piperidine rings is 1. The largest absolute Gasteiger partial charge is 0.326 e. The van der Waals surface area contributed by atoms with Crippen LogP contribution >= 0.6 is 24.8 Å². The zero-order valence-corrected chi connectivity index (χ0v) is 16.5. The minimum atomic E-state index is 0. The van der Waals surface area contributed by atoms with E-state index in [1.54, 1.807) is 0 Å². The number of amides is 1. The normalized spacial score (nSPS) is 20.4. The maximum absolute atomic E-state index is 12.1. The van der Waals surface area contributed by atoms with Crippen LogP contribution in [0.2, 0.25) is 0 Å². The van der Waals surface area contributed by atoms with Crippen LogP contribution in [-0.2, 0) is 11.3 Å². The van der Waals surface area contributed by atoms with Crippen molar-refractivity contribution in [2.24, 2.45) is 5.92 Å². The quantitative estimate of drug-likeness (QED) is 0.778. The molecule has 1 aromatic rings. The molecule has 0 spiro atoms. The Balaban J connectivity index is 0.00000156. The summed E-state index contributed by atoms with van der Waals surface area (Å²) >= 11 is 0. The van der Waals surface area contributed by atoms with Gasteiger partial charge >= 0.3 is 0 Å². The van der Waals surface area contributed by atoms with E-state index >= 15 is 0 Å². The van der Waals surface area contributed by atoms with Gasteiger partial charge in [0.05, 0.1) is 0 Å². The smallest absolute Gasteiger partial charge is 0.224 e. The number of rotatable bonds is 6. The summed E-state index contributed by atoms with van der Waals surface area (Å²) in [6.45, 7) is 5.57. The van der Waals surface area contributed by atoms with E-state index in [0.717, 1.165) is 31.7 Å². The van der Waals surface area contributed by atoms with E-state index in [9.17, 15) is 4.79 Å². The highest BCUT2D eigenvalue weighted by Crippen LogP contribution is 2.18. The number of benzene rings is 1. The number of anilines is 1. The molecule has 3 rings (SSSR count). The molecule has 0 aliphatic carbocycles. The van der Waals surface area contributed by atoms with Crippen LogP contribution in [-0.4, -0.2) is 37.0 Å². The molecule has 2 aliphatic rings. The highest BCUT2D eigenvalue weighted by molar-refractivity contribution is 5.90. The number of halogens is 2. The third-order valence-corrected chi connectivity index (χ3v) is 5.01. The lowest BCUT2D eigenvalue weighted by atomic mass is 10.0. The Labute approximate surface area is 163 Å². The monoisotopic (exact) mass is 387 g/mol. The molecule has 142 valence electrons. The number of nitrogens with one attached hydrogen (secondary N) is 2. The van der Waals surface area contributed by atoms with E-state index in [1.807, 2.05) is 6.07 Å². The lowest BCUT2D eigenvalue weighted by Gasteiger charge is -2.26. The van der Waals surface area contributed by atoms with Crippen LogP contribution in [0.1, 0.15) is 44.1 Å². The molecule has 2 aliphatic heterocycles. The highest BCUT2D eigenvalue weighted by Gasteiger charge is 2.16. The third-order valence-electron chi connectivity index (χ3n) is 5.01. The van der Waals surface area contributed by atoms with Crippen LogP contribution in [0.3, 0.4) is 0 Å². The molecular formula is C19H31Cl2N3O. The number of hydrogen-bond donors (Lipinski definition) is 2. The minimum Gasteiger partial charge on any atom is -0.326 e. The summed E-state index contributed by atoms with van der Waals surface area (Å²) in [7, 11) is 0. The summed E-state index contributed by atoms with van der Waals surface area (Å²) in [5.41, 5.74) is 2.23. The van der Waals surface area contributed by atoms with Gasteiger partial charge in [0.25, 0.3) is 0 Å². The molecular weight excluding hydrogens is 357 g/mol. The number of hydrogen-bond acceptors (Lipinski definition) is 3. The van der Waals surface area contributed by atoms with Gasteiger partial charge in [0.2, 0.25) is 5.91 Å². The van der Waals surface area contributed by atoms with E-state index in [0.29, 0.717) is 12.3 Å². The molecule has 2 saturated heterocycles. The lowest BCUT2D eigenvalue weighted by Crippen LogP contribution is -2.29. The SMILES string of the molecule is Cl.Cl.O=C(CCC1CCNC1)Nc1cccc(CN2CCCCC2)c1. The fraction of sp³-hybridized carbons (Fsp3) is 0.632. The average molecular weight is 388 g/mol. The molecule has 1 amide bonds. The van der Waals surface area contributed by atoms with E-state index in [2.05, 4.69) is 33.7 Å². The van der Waals surface area contributed by atoms with Crippen molar-refractivity contribution in [3.63, 3.8) is 0 Å². The zero-order chi connectivity index (χ0) is 15.9. The predicted octanol–water partition coefficient (Wildman–Crippen LogP) is 3.84. The zero-order valence-electron chi connectivity index (χ0n) is 14.8. The Morgan fingerprint density at radius 3 is 2.72 bits per heavy atom. The van der Waals surface area contributed by atoms with Gasteiger partial charge in [-0.05, 0) is 75.5 Å². The lowest BCUT2D eigenvalue weighted by molar-refractivity contribution is -0.116. The van der Waals surface area contributed by atoms with Gasteiger partial charge in [-0.3, -0.25) is 9.69 Å². The fourth-order valence-corrected chi connectivity index (χ4v) is 3.64. The molecule has 1 atom stereocenters. The van der Waals surface area contributed by atoms with E-state index in [4.69, 9.17) is 0 Å². The van der Waals surface area contributed by atoms with Crippen LogP contribution in [0, 0.1) is 5.92 Å². The Morgan fingerprint density at radius 1 is 1.20 bits per heavy atom. The Kier molecular flexibility index (Phi) is 10.4. The standard InChI is InChI=1S/C19H29N3O.2ClH/c23-19(8-7-16-9-10-20-14-16)21-18-6-4-5-17(13-18)15-22-11-2-1-3-12-22;;/h4-6,13,16,20H,1-3,7-12,14-15H2,(H,21,23);2*1H. The van der Waals surface area contributed by atoms with Crippen molar-refractivity contribution < 1.29 is 4.79 Å². The predicted molar refractivity (Wildman–Crippen MR) is 109 cm³/mol. The molecule has 0 aromatic heterocycles. The van der Waals surface area contributed by atoms with Gasteiger partial charge in [-0.1, -0.05) is 18.6 Å². The molecule has 25 heavy (non-hydrogen) atoms. The van der Waals surface area contributed by atoms with Crippen molar-refractivity contribution in [3.8, 4) is 0 Å². The maximum atomic E-state index is 12.1. The van der Waals surface area contributed by atoms with Gasteiger partial charge in [0.1, 0.15) is 0 Å². The molecule has 1 aromatic carbocycles. The van der Waals surface area contributed by atoms with E-state index < -0.39 is 0 Å². The Morgan fingerprint density at radius 2 is 2.00 bits per heavy atom. The molecule has 0 bridgehead atoms. The third kappa shape index (κ3) is 7.53. The molecule has 1 unspecified atom stereocenters. The van der Waals surface area contributed by atoms with Crippen molar-refractivity contribution in [2.45, 2.75) is 45.1 Å². The van der Waals surface area contributed by atoms with Crippen LogP contribution in [0.25, 0.3) is 0 Å². The first-order chi connectivity index (χ1) is 11.3. The summed E-state index contributed by atoms with van der Waals surface area (Å²) in [6.07, 6.45) is 6.82. The first kappa shape index (κ1) is 22.2.